The predicted molar refractivity (Wildman–Crippen MR) is 100 cm³/mol. The Balaban J connectivity index is 1.49. The second kappa shape index (κ2) is 8.27. The second-order valence-corrected chi connectivity index (χ2v) is 6.12. The van der Waals surface area contributed by atoms with Crippen molar-refractivity contribution in [2.75, 3.05) is 13.1 Å². The minimum Gasteiger partial charge on any atom is -0.350 e. The first-order valence-corrected chi connectivity index (χ1v) is 8.57. The maximum atomic E-state index is 12.1. The predicted octanol–water partition coefficient (Wildman–Crippen LogP) is 2.51. The quantitative estimate of drug-likeness (QED) is 0.655. The molecule has 0 bridgehead atoms. The van der Waals surface area contributed by atoms with E-state index in [0.29, 0.717) is 11.4 Å². The van der Waals surface area contributed by atoms with Crippen molar-refractivity contribution in [3.8, 4) is 11.4 Å². The van der Waals surface area contributed by atoms with E-state index in [9.17, 15) is 9.59 Å². The Hall–Kier alpha value is -3.48. The summed E-state index contributed by atoms with van der Waals surface area (Å²) in [6.45, 7) is 4.39. The summed E-state index contributed by atoms with van der Waals surface area (Å²) >= 11 is 0. The van der Waals surface area contributed by atoms with Crippen LogP contribution >= 0.6 is 0 Å². The number of carbonyl (C=O) groups excluding carboxylic acids is 2. The highest BCUT2D eigenvalue weighted by Gasteiger charge is 2.16. The fourth-order valence-electron chi connectivity index (χ4n) is 2.49. The molecule has 7 nitrogen and oxygen atoms in total. The number of nitrogens with zero attached hydrogens (tertiary/aromatic N) is 2. The topological polar surface area (TPSA) is 97.1 Å². The zero-order valence-electron chi connectivity index (χ0n) is 15.2. The Morgan fingerprint density at radius 3 is 2.30 bits per heavy atom. The van der Waals surface area contributed by atoms with Gasteiger partial charge >= 0.3 is 11.8 Å². The summed E-state index contributed by atoms with van der Waals surface area (Å²) in [5.74, 6) is -0.420. The van der Waals surface area contributed by atoms with Crippen LogP contribution in [0, 0.1) is 13.8 Å². The van der Waals surface area contributed by atoms with E-state index in [1.807, 2.05) is 56.3 Å². The molecule has 3 rings (SSSR count). The second-order valence-electron chi connectivity index (χ2n) is 6.12. The van der Waals surface area contributed by atoms with Crippen molar-refractivity contribution in [3.63, 3.8) is 0 Å². The third-order valence-corrected chi connectivity index (χ3v) is 4.02. The minimum absolute atomic E-state index is 0.115. The van der Waals surface area contributed by atoms with Gasteiger partial charge in [-0.2, -0.15) is 4.98 Å². The lowest BCUT2D eigenvalue weighted by Gasteiger charge is -2.07. The highest BCUT2D eigenvalue weighted by molar-refractivity contribution is 5.95. The fraction of sp³-hybridized carbons (Fsp3) is 0.200. The Morgan fingerprint density at radius 1 is 0.926 bits per heavy atom. The van der Waals surface area contributed by atoms with Crippen LogP contribution in [0.25, 0.3) is 11.4 Å². The van der Waals surface area contributed by atoms with E-state index in [0.717, 1.165) is 16.7 Å². The van der Waals surface area contributed by atoms with Crippen molar-refractivity contribution in [2.24, 2.45) is 0 Å². The summed E-state index contributed by atoms with van der Waals surface area (Å²) in [5, 5.41) is 9.23. The van der Waals surface area contributed by atoms with Gasteiger partial charge in [0.15, 0.2) is 0 Å². The Morgan fingerprint density at radius 2 is 1.59 bits per heavy atom. The molecule has 27 heavy (non-hydrogen) atoms. The van der Waals surface area contributed by atoms with Gasteiger partial charge in [0.1, 0.15) is 0 Å². The first-order valence-electron chi connectivity index (χ1n) is 8.57. The molecular weight excluding hydrogens is 344 g/mol. The van der Waals surface area contributed by atoms with Crippen LogP contribution in [-0.4, -0.2) is 35.0 Å². The lowest BCUT2D eigenvalue weighted by molar-refractivity contribution is 0.0898. The van der Waals surface area contributed by atoms with E-state index in [2.05, 4.69) is 20.8 Å². The summed E-state index contributed by atoms with van der Waals surface area (Å²) in [6, 6.07) is 14.9. The molecule has 0 radical (unpaired) electrons. The maximum absolute atomic E-state index is 12.1. The Bertz CT molecular complexity index is 948. The first kappa shape index (κ1) is 18.3. The van der Waals surface area contributed by atoms with Gasteiger partial charge < -0.3 is 15.2 Å². The Kier molecular flexibility index (Phi) is 5.61. The smallest absolute Gasteiger partial charge is 0.316 e. The molecule has 0 aliphatic rings. The SMILES string of the molecule is Cc1ccc(-c2noc(C(=O)NCCNC(=O)c3ccccc3C)n2)cc1. The number of hydrogen-bond donors (Lipinski definition) is 2. The summed E-state index contributed by atoms with van der Waals surface area (Å²) < 4.78 is 5.01. The minimum atomic E-state index is -0.481. The average molecular weight is 364 g/mol. The monoisotopic (exact) mass is 364 g/mol. The van der Waals surface area contributed by atoms with Crippen molar-refractivity contribution >= 4 is 11.8 Å². The molecule has 0 saturated heterocycles. The summed E-state index contributed by atoms with van der Waals surface area (Å²) in [6.07, 6.45) is 0. The van der Waals surface area contributed by atoms with E-state index in [4.69, 9.17) is 4.52 Å². The first-order chi connectivity index (χ1) is 13.0. The van der Waals surface area contributed by atoms with Crippen LogP contribution in [-0.2, 0) is 0 Å². The van der Waals surface area contributed by atoms with Gasteiger partial charge in [-0.15, -0.1) is 0 Å². The van der Waals surface area contributed by atoms with Crippen LogP contribution in [0.5, 0.6) is 0 Å². The third kappa shape index (κ3) is 4.58. The molecule has 0 saturated carbocycles. The number of hydrogen-bond acceptors (Lipinski definition) is 5. The van der Waals surface area contributed by atoms with Crippen molar-refractivity contribution in [3.05, 3.63) is 71.1 Å². The van der Waals surface area contributed by atoms with Crippen molar-refractivity contribution in [1.82, 2.24) is 20.8 Å². The van der Waals surface area contributed by atoms with E-state index in [1.54, 1.807) is 6.07 Å². The van der Waals surface area contributed by atoms with Gasteiger partial charge in [-0.05, 0) is 25.5 Å². The molecule has 3 aromatic rings. The molecule has 0 atom stereocenters. The number of benzene rings is 2. The van der Waals surface area contributed by atoms with Gasteiger partial charge in [0.2, 0.25) is 5.82 Å². The van der Waals surface area contributed by atoms with Gasteiger partial charge in [0, 0.05) is 24.2 Å². The van der Waals surface area contributed by atoms with Gasteiger partial charge in [0.05, 0.1) is 0 Å². The summed E-state index contributed by atoms with van der Waals surface area (Å²) in [7, 11) is 0. The van der Waals surface area contributed by atoms with E-state index in [1.165, 1.54) is 0 Å². The standard InChI is InChI=1S/C20H20N4O3/c1-13-7-9-15(10-8-13)17-23-20(27-24-17)19(26)22-12-11-21-18(25)16-6-4-3-5-14(16)2/h3-10H,11-12H2,1-2H3,(H,21,25)(H,22,26). The molecule has 0 aliphatic carbocycles. The van der Waals surface area contributed by atoms with Crippen molar-refractivity contribution < 1.29 is 14.1 Å². The molecule has 2 aromatic carbocycles. The number of carbonyl (C=O) groups is 2. The zero-order chi connectivity index (χ0) is 19.2. The van der Waals surface area contributed by atoms with Gasteiger partial charge in [-0.1, -0.05) is 53.2 Å². The van der Waals surface area contributed by atoms with Crippen LogP contribution in [0.2, 0.25) is 0 Å². The van der Waals surface area contributed by atoms with Crippen LogP contribution in [0.1, 0.15) is 32.2 Å². The number of aryl methyl sites for hydroxylation is 2. The molecule has 1 heterocycles. The Labute approximate surface area is 156 Å². The summed E-state index contributed by atoms with van der Waals surface area (Å²) in [5.41, 5.74) is 3.40. The molecule has 0 unspecified atom stereocenters. The molecule has 0 fully saturated rings. The number of amides is 2. The van der Waals surface area contributed by atoms with E-state index < -0.39 is 5.91 Å². The van der Waals surface area contributed by atoms with Crippen LogP contribution in [0.4, 0.5) is 0 Å². The molecular formula is C20H20N4O3. The van der Waals surface area contributed by atoms with E-state index in [-0.39, 0.29) is 24.9 Å². The average Bonchev–Trinajstić information content (AvgIpc) is 3.16. The number of rotatable bonds is 6. The molecule has 1 aromatic heterocycles. The van der Waals surface area contributed by atoms with Gasteiger partial charge in [-0.3, -0.25) is 9.59 Å². The zero-order valence-corrected chi connectivity index (χ0v) is 15.2. The van der Waals surface area contributed by atoms with Crippen LogP contribution < -0.4 is 10.6 Å². The fourth-order valence-corrected chi connectivity index (χ4v) is 2.49. The maximum Gasteiger partial charge on any atom is 0.316 e. The number of aromatic nitrogens is 2. The van der Waals surface area contributed by atoms with Crippen LogP contribution in [0.15, 0.2) is 53.1 Å². The molecule has 2 amide bonds. The van der Waals surface area contributed by atoms with Crippen LogP contribution in [0.3, 0.4) is 0 Å². The highest BCUT2D eigenvalue weighted by atomic mass is 16.5. The van der Waals surface area contributed by atoms with E-state index >= 15 is 0 Å². The lowest BCUT2D eigenvalue weighted by Crippen LogP contribution is -2.35. The highest BCUT2D eigenvalue weighted by Crippen LogP contribution is 2.16. The lowest BCUT2D eigenvalue weighted by atomic mass is 10.1. The number of nitrogens with one attached hydrogen (secondary N) is 2. The summed E-state index contributed by atoms with van der Waals surface area (Å²) in [4.78, 5) is 28.3. The molecule has 0 spiro atoms. The normalized spacial score (nSPS) is 10.4. The molecule has 7 heteroatoms. The molecule has 2 N–H and O–H groups in total. The molecule has 138 valence electrons. The van der Waals surface area contributed by atoms with Crippen molar-refractivity contribution in [1.29, 1.82) is 0 Å². The van der Waals surface area contributed by atoms with Gasteiger partial charge in [0.25, 0.3) is 5.91 Å². The van der Waals surface area contributed by atoms with Gasteiger partial charge in [-0.25, -0.2) is 0 Å². The largest absolute Gasteiger partial charge is 0.350 e. The third-order valence-electron chi connectivity index (χ3n) is 4.02. The van der Waals surface area contributed by atoms with Crippen molar-refractivity contribution in [2.45, 2.75) is 13.8 Å². The molecule has 0 aliphatic heterocycles.